The number of ether oxygens (including phenoxy) is 2. The van der Waals surface area contributed by atoms with E-state index in [2.05, 4.69) is 51.9 Å². The van der Waals surface area contributed by atoms with Gasteiger partial charge in [-0.15, -0.1) is 0 Å². The zero-order chi connectivity index (χ0) is 38.9. The molecule has 1 unspecified atom stereocenters. The highest BCUT2D eigenvalue weighted by molar-refractivity contribution is 6.25. The molecule has 5 aromatic rings. The monoisotopic (exact) mass is 747 g/mol. The van der Waals surface area contributed by atoms with Crippen molar-refractivity contribution in [3.63, 3.8) is 0 Å². The van der Waals surface area contributed by atoms with Crippen LogP contribution in [0.15, 0.2) is 73.1 Å². The number of fused-ring (bicyclic) bond motifs is 2. The van der Waals surface area contributed by atoms with E-state index < -0.39 is 29.8 Å². The SMILES string of the molecule is CN1C(=O)CCC(N2C(=O)c3cccc(NCCOCCOc4ccc5c(c4)ncn5-c4ccc(NC(=O)Nc5cc(C(C)(C)C)[nH]n5)cc4)c3C2=O)C1=O. The molecule has 2 aliphatic heterocycles. The lowest BCUT2D eigenvalue weighted by atomic mass is 9.92. The van der Waals surface area contributed by atoms with Gasteiger partial charge in [-0.1, -0.05) is 26.8 Å². The first-order chi connectivity index (χ1) is 26.4. The van der Waals surface area contributed by atoms with Crippen LogP contribution in [0.3, 0.4) is 0 Å². The number of nitrogens with one attached hydrogen (secondary N) is 4. The minimum atomic E-state index is -1.01. The van der Waals surface area contributed by atoms with Crippen LogP contribution in [0.4, 0.5) is 22.0 Å². The van der Waals surface area contributed by atoms with E-state index in [1.165, 1.54) is 7.05 Å². The van der Waals surface area contributed by atoms with Gasteiger partial charge in [-0.25, -0.2) is 9.78 Å². The van der Waals surface area contributed by atoms with Crippen molar-refractivity contribution >= 4 is 57.9 Å². The Kier molecular flexibility index (Phi) is 10.1. The number of likely N-dealkylation sites (tertiary alicyclic amines) is 1. The van der Waals surface area contributed by atoms with Crippen LogP contribution < -0.4 is 20.7 Å². The molecule has 0 saturated carbocycles. The normalized spacial score (nSPS) is 15.8. The largest absolute Gasteiger partial charge is 0.491 e. The minimum Gasteiger partial charge on any atom is -0.491 e. The molecule has 6 amide bonds. The number of likely N-dealkylation sites (N-methyl/N-ethyl adjacent to an activating group) is 1. The Bertz CT molecular complexity index is 2290. The van der Waals surface area contributed by atoms with Crippen molar-refractivity contribution in [2.45, 2.75) is 45.1 Å². The van der Waals surface area contributed by atoms with Gasteiger partial charge in [0.15, 0.2) is 5.82 Å². The number of hydrogen-bond acceptors (Lipinski definition) is 10. The van der Waals surface area contributed by atoms with Gasteiger partial charge in [0.2, 0.25) is 5.91 Å². The number of rotatable bonds is 12. The molecule has 284 valence electrons. The Hall–Kier alpha value is -6.55. The second-order valence-corrected chi connectivity index (χ2v) is 14.2. The summed E-state index contributed by atoms with van der Waals surface area (Å²) in [4.78, 5) is 70.2. The third-order valence-electron chi connectivity index (χ3n) is 9.49. The van der Waals surface area contributed by atoms with Crippen molar-refractivity contribution in [1.29, 1.82) is 0 Å². The lowest BCUT2D eigenvalue weighted by Crippen LogP contribution is -2.54. The number of benzene rings is 3. The van der Waals surface area contributed by atoms with E-state index in [0.717, 1.165) is 32.2 Å². The number of hydrogen-bond donors (Lipinski definition) is 4. The first-order valence-electron chi connectivity index (χ1n) is 17.9. The number of nitrogens with zero attached hydrogens (tertiary/aromatic N) is 5. The van der Waals surface area contributed by atoms with Gasteiger partial charge in [0.05, 0.1) is 35.4 Å². The van der Waals surface area contributed by atoms with Crippen LogP contribution in [0, 0.1) is 0 Å². The van der Waals surface area contributed by atoms with Gasteiger partial charge >= 0.3 is 6.03 Å². The summed E-state index contributed by atoms with van der Waals surface area (Å²) in [6.07, 6.45) is 1.91. The number of carbonyl (C=O) groups is 5. The molecule has 2 aromatic heterocycles. The van der Waals surface area contributed by atoms with Crippen molar-refractivity contribution in [2.24, 2.45) is 0 Å². The van der Waals surface area contributed by atoms with E-state index in [1.807, 2.05) is 53.1 Å². The van der Waals surface area contributed by atoms with Crippen molar-refractivity contribution < 1.29 is 33.4 Å². The Morgan fingerprint density at radius 2 is 1.75 bits per heavy atom. The Balaban J connectivity index is 0.861. The first kappa shape index (κ1) is 36.8. The zero-order valence-corrected chi connectivity index (χ0v) is 30.8. The number of piperidine rings is 1. The average molecular weight is 748 g/mol. The maximum Gasteiger partial charge on any atom is 0.324 e. The van der Waals surface area contributed by atoms with Crippen LogP contribution in [-0.4, -0.2) is 98.7 Å². The average Bonchev–Trinajstić information content (AvgIpc) is 3.87. The fourth-order valence-corrected chi connectivity index (χ4v) is 6.49. The summed E-state index contributed by atoms with van der Waals surface area (Å²) in [6.45, 7) is 7.43. The molecule has 0 aliphatic carbocycles. The summed E-state index contributed by atoms with van der Waals surface area (Å²) in [5.41, 5.74) is 4.80. The molecular weight excluding hydrogens is 706 g/mol. The van der Waals surface area contributed by atoms with Gasteiger partial charge in [-0.05, 0) is 55.0 Å². The van der Waals surface area contributed by atoms with Crippen LogP contribution in [0.1, 0.15) is 60.0 Å². The number of imide groups is 2. The molecule has 0 spiro atoms. The number of aromatic amines is 1. The molecule has 4 heterocycles. The molecule has 4 N–H and O–H groups in total. The third-order valence-corrected chi connectivity index (χ3v) is 9.49. The molecule has 1 saturated heterocycles. The summed E-state index contributed by atoms with van der Waals surface area (Å²) in [5, 5.41) is 15.8. The second-order valence-electron chi connectivity index (χ2n) is 14.2. The van der Waals surface area contributed by atoms with Crippen molar-refractivity contribution in [3.8, 4) is 11.4 Å². The first-order valence-corrected chi connectivity index (χ1v) is 17.9. The highest BCUT2D eigenvalue weighted by Crippen LogP contribution is 2.33. The highest BCUT2D eigenvalue weighted by atomic mass is 16.5. The van der Waals surface area contributed by atoms with Crippen LogP contribution >= 0.6 is 0 Å². The predicted octanol–water partition coefficient (Wildman–Crippen LogP) is 4.94. The van der Waals surface area contributed by atoms with E-state index in [9.17, 15) is 24.0 Å². The number of amides is 6. The smallest absolute Gasteiger partial charge is 0.324 e. The maximum atomic E-state index is 13.4. The molecule has 2 aliphatic rings. The molecular formula is C39H41N9O7. The van der Waals surface area contributed by atoms with E-state index in [1.54, 1.807) is 24.5 Å². The number of aromatic nitrogens is 4. The standard InChI is InChI=1S/C39H41N9O7/c1-39(2,3)31-21-32(45-44-31)43-38(53)42-23-8-10-24(11-9-23)47-22-41-28-20-25(12-13-29(28)47)55-19-18-54-17-16-40-27-7-5-6-26-34(27)37(52)48(35(26)50)30-14-15-33(49)46(4)36(30)51/h5-13,20-22,30,40H,14-19H2,1-4H3,(H3,42,43,44,45,53). The van der Waals surface area contributed by atoms with Crippen LogP contribution in [0.2, 0.25) is 0 Å². The van der Waals surface area contributed by atoms with Gasteiger partial charge in [0.1, 0.15) is 24.7 Å². The topological polar surface area (TPSA) is 193 Å². The van der Waals surface area contributed by atoms with Crippen LogP contribution in [0.25, 0.3) is 16.7 Å². The van der Waals surface area contributed by atoms with E-state index in [0.29, 0.717) is 49.3 Å². The maximum absolute atomic E-state index is 13.4. The summed E-state index contributed by atoms with van der Waals surface area (Å²) in [6, 6.07) is 18.4. The fourth-order valence-electron chi connectivity index (χ4n) is 6.49. The lowest BCUT2D eigenvalue weighted by Gasteiger charge is -2.32. The summed E-state index contributed by atoms with van der Waals surface area (Å²) >= 11 is 0. The number of carbonyl (C=O) groups excluding carboxylic acids is 5. The molecule has 7 rings (SSSR count). The summed E-state index contributed by atoms with van der Waals surface area (Å²) < 4.78 is 13.6. The van der Waals surface area contributed by atoms with Crippen LogP contribution in [-0.2, 0) is 19.7 Å². The van der Waals surface area contributed by atoms with Crippen LogP contribution in [0.5, 0.6) is 5.75 Å². The van der Waals surface area contributed by atoms with Gasteiger partial charge < -0.3 is 20.1 Å². The number of anilines is 3. The van der Waals surface area contributed by atoms with E-state index >= 15 is 0 Å². The summed E-state index contributed by atoms with van der Waals surface area (Å²) in [5.74, 6) is -0.928. The Morgan fingerprint density at radius 3 is 2.51 bits per heavy atom. The van der Waals surface area contributed by atoms with Gasteiger partial charge in [0, 0.05) is 60.3 Å². The third kappa shape index (κ3) is 7.62. The minimum absolute atomic E-state index is 0.0805. The van der Waals surface area contributed by atoms with E-state index in [4.69, 9.17) is 9.47 Å². The van der Waals surface area contributed by atoms with Crippen molar-refractivity contribution in [3.05, 3.63) is 89.9 Å². The number of imidazole rings is 1. The Morgan fingerprint density at radius 1 is 0.945 bits per heavy atom. The summed E-state index contributed by atoms with van der Waals surface area (Å²) in [7, 11) is 1.36. The molecule has 0 bridgehead atoms. The molecule has 16 heteroatoms. The van der Waals surface area contributed by atoms with Crippen molar-refractivity contribution in [1.82, 2.24) is 29.5 Å². The Labute approximate surface area is 316 Å². The van der Waals surface area contributed by atoms with Gasteiger partial charge in [-0.2, -0.15) is 5.10 Å². The predicted molar refractivity (Wildman–Crippen MR) is 204 cm³/mol. The zero-order valence-electron chi connectivity index (χ0n) is 30.8. The number of urea groups is 1. The highest BCUT2D eigenvalue weighted by Gasteiger charge is 2.47. The number of H-pyrrole nitrogens is 1. The quantitative estimate of drug-likeness (QED) is 0.100. The van der Waals surface area contributed by atoms with Crippen molar-refractivity contribution in [2.75, 3.05) is 49.4 Å². The molecule has 55 heavy (non-hydrogen) atoms. The molecule has 0 radical (unpaired) electrons. The molecule has 3 aromatic carbocycles. The molecule has 16 nitrogen and oxygen atoms in total. The fraction of sp³-hybridized carbons (Fsp3) is 0.308. The van der Waals surface area contributed by atoms with Gasteiger partial charge in [0.25, 0.3) is 17.7 Å². The molecule has 1 fully saturated rings. The lowest BCUT2D eigenvalue weighted by molar-refractivity contribution is -0.149. The molecule has 1 atom stereocenters. The van der Waals surface area contributed by atoms with E-state index in [-0.39, 0.29) is 35.3 Å². The second kappa shape index (κ2) is 15.1. The van der Waals surface area contributed by atoms with Gasteiger partial charge in [-0.3, -0.25) is 44.0 Å².